The van der Waals surface area contributed by atoms with Crippen LogP contribution >= 0.6 is 0 Å². The van der Waals surface area contributed by atoms with Crippen LogP contribution in [0.2, 0.25) is 0 Å². The number of likely N-dealkylation sites (N-methyl/N-ethyl adjacent to an activating group) is 1. The topological polar surface area (TPSA) is 192 Å². The lowest BCUT2D eigenvalue weighted by atomic mass is 9.85. The van der Waals surface area contributed by atoms with Crippen LogP contribution in [0.15, 0.2) is 40.8 Å². The lowest BCUT2D eigenvalue weighted by molar-refractivity contribution is -0.167. The van der Waals surface area contributed by atoms with Crippen molar-refractivity contribution in [1.29, 1.82) is 0 Å². The van der Waals surface area contributed by atoms with E-state index in [9.17, 15) is 50.7 Å². The SMILES string of the molecule is CO[C@H]([C@@H](C)C(=O)NS(=O)(=O)c1ccc(NC(=O)C(F)(F)F)cc1)[C@@H]1CCCN1C(=O)/C(C)=C/[C@H](C(C)C)N(C)C(=O)[C@@H](NC(=O)O)C(C)(C)C. The number of halogens is 3. The summed E-state index contributed by atoms with van der Waals surface area (Å²) in [5.41, 5.74) is -0.764. The Morgan fingerprint density at radius 2 is 1.63 bits per heavy atom. The average molecular weight is 748 g/mol. The number of methoxy groups -OCH3 is 1. The smallest absolute Gasteiger partial charge is 0.465 e. The Kier molecular flexibility index (Phi) is 14.2. The Morgan fingerprint density at radius 3 is 2.10 bits per heavy atom. The number of rotatable bonds is 13. The molecule has 0 saturated carbocycles. The number of carbonyl (C=O) groups is 5. The zero-order valence-corrected chi connectivity index (χ0v) is 30.9. The van der Waals surface area contributed by atoms with E-state index in [1.165, 1.54) is 30.9 Å². The molecule has 14 nitrogen and oxygen atoms in total. The van der Waals surface area contributed by atoms with Crippen LogP contribution in [0.1, 0.15) is 61.3 Å². The highest BCUT2D eigenvalue weighted by molar-refractivity contribution is 7.90. The van der Waals surface area contributed by atoms with Crippen molar-refractivity contribution in [3.63, 3.8) is 0 Å². The fraction of sp³-hybridized carbons (Fsp3) is 0.606. The van der Waals surface area contributed by atoms with Gasteiger partial charge in [0, 0.05) is 32.0 Å². The number of amides is 5. The van der Waals surface area contributed by atoms with E-state index in [2.05, 4.69) is 5.32 Å². The molecule has 0 bridgehead atoms. The summed E-state index contributed by atoms with van der Waals surface area (Å²) >= 11 is 0. The summed E-state index contributed by atoms with van der Waals surface area (Å²) in [4.78, 5) is 65.7. The van der Waals surface area contributed by atoms with Crippen LogP contribution in [0.25, 0.3) is 0 Å². The van der Waals surface area contributed by atoms with Gasteiger partial charge in [-0.25, -0.2) is 17.9 Å². The molecule has 1 fully saturated rings. The van der Waals surface area contributed by atoms with Crippen LogP contribution in [-0.2, 0) is 33.9 Å². The van der Waals surface area contributed by atoms with Crippen molar-refractivity contribution >= 4 is 45.4 Å². The first kappa shape index (κ1) is 43.0. The first-order valence-corrected chi connectivity index (χ1v) is 17.6. The van der Waals surface area contributed by atoms with Crippen molar-refractivity contribution in [2.75, 3.05) is 26.0 Å². The number of benzene rings is 1. The normalized spacial score (nSPS) is 18.0. The van der Waals surface area contributed by atoms with Crippen molar-refractivity contribution in [1.82, 2.24) is 19.8 Å². The lowest BCUT2D eigenvalue weighted by Crippen LogP contribution is -2.56. The van der Waals surface area contributed by atoms with E-state index in [1.807, 2.05) is 18.6 Å². The van der Waals surface area contributed by atoms with Crippen LogP contribution < -0.4 is 15.4 Å². The molecule has 1 aliphatic heterocycles. The molecule has 0 aliphatic carbocycles. The molecule has 1 heterocycles. The van der Waals surface area contributed by atoms with Crippen LogP contribution in [0.5, 0.6) is 0 Å². The molecule has 1 aliphatic rings. The molecule has 5 amide bonds. The van der Waals surface area contributed by atoms with Gasteiger partial charge in [0.15, 0.2) is 0 Å². The summed E-state index contributed by atoms with van der Waals surface area (Å²) < 4.78 is 71.2. The van der Waals surface area contributed by atoms with Crippen LogP contribution in [0, 0.1) is 17.3 Å². The summed E-state index contributed by atoms with van der Waals surface area (Å²) in [7, 11) is -1.63. The summed E-state index contributed by atoms with van der Waals surface area (Å²) in [6, 6.07) is 1.45. The van der Waals surface area contributed by atoms with Crippen LogP contribution in [0.3, 0.4) is 0 Å². The molecule has 1 aromatic carbocycles. The van der Waals surface area contributed by atoms with Gasteiger partial charge in [-0.3, -0.25) is 19.2 Å². The number of carbonyl (C=O) groups excluding carboxylic acids is 4. The highest BCUT2D eigenvalue weighted by atomic mass is 32.2. The Labute approximate surface area is 296 Å². The van der Waals surface area contributed by atoms with Gasteiger partial charge in [0.25, 0.3) is 10.0 Å². The highest BCUT2D eigenvalue weighted by Gasteiger charge is 2.42. The van der Waals surface area contributed by atoms with E-state index in [1.54, 1.807) is 39.1 Å². The summed E-state index contributed by atoms with van der Waals surface area (Å²) in [5.74, 6) is -5.32. The van der Waals surface area contributed by atoms with E-state index in [0.29, 0.717) is 25.0 Å². The number of anilines is 1. The van der Waals surface area contributed by atoms with Gasteiger partial charge in [0.2, 0.25) is 17.7 Å². The molecule has 4 N–H and O–H groups in total. The Hall–Kier alpha value is -4.19. The number of carboxylic acid groups (broad SMARTS) is 1. The predicted molar refractivity (Wildman–Crippen MR) is 181 cm³/mol. The predicted octanol–water partition coefficient (Wildman–Crippen LogP) is 3.75. The molecule has 0 aromatic heterocycles. The highest BCUT2D eigenvalue weighted by Crippen LogP contribution is 2.29. The van der Waals surface area contributed by atoms with Crippen molar-refractivity contribution in [2.24, 2.45) is 17.3 Å². The van der Waals surface area contributed by atoms with E-state index in [4.69, 9.17) is 4.74 Å². The molecule has 2 rings (SSSR count). The molecule has 51 heavy (non-hydrogen) atoms. The molecule has 1 aromatic rings. The van der Waals surface area contributed by atoms with E-state index < -0.39 is 80.5 Å². The molecule has 0 unspecified atom stereocenters. The lowest BCUT2D eigenvalue weighted by Gasteiger charge is -2.37. The van der Waals surface area contributed by atoms with Gasteiger partial charge >= 0.3 is 18.2 Å². The molecule has 0 radical (unpaired) electrons. The number of hydrogen-bond donors (Lipinski definition) is 4. The molecule has 18 heteroatoms. The number of hydrogen-bond acceptors (Lipinski definition) is 8. The number of ether oxygens (including phenoxy) is 1. The van der Waals surface area contributed by atoms with Gasteiger partial charge in [-0.15, -0.1) is 0 Å². The van der Waals surface area contributed by atoms with Crippen LogP contribution in [-0.4, -0.2) is 104 Å². The minimum Gasteiger partial charge on any atom is -0.465 e. The first-order chi connectivity index (χ1) is 23.3. The Balaban J connectivity index is 2.25. The van der Waals surface area contributed by atoms with Crippen molar-refractivity contribution in [3.8, 4) is 0 Å². The Morgan fingerprint density at radius 1 is 1.06 bits per heavy atom. The minimum atomic E-state index is -5.15. The van der Waals surface area contributed by atoms with Crippen molar-refractivity contribution in [3.05, 3.63) is 35.9 Å². The third kappa shape index (κ3) is 11.1. The maximum Gasteiger partial charge on any atom is 0.471 e. The maximum absolute atomic E-state index is 13.8. The van der Waals surface area contributed by atoms with Gasteiger partial charge in [0.1, 0.15) is 6.04 Å². The second-order valence-electron chi connectivity index (χ2n) is 13.9. The number of alkyl halides is 3. The van der Waals surface area contributed by atoms with E-state index in [-0.39, 0.29) is 17.5 Å². The fourth-order valence-corrected chi connectivity index (χ4v) is 6.92. The second kappa shape index (κ2) is 16.9. The van der Waals surface area contributed by atoms with Crippen molar-refractivity contribution < 1.29 is 55.4 Å². The number of sulfonamides is 1. The quantitative estimate of drug-likeness (QED) is 0.218. The summed E-state index contributed by atoms with van der Waals surface area (Å²) in [6.45, 7) is 12.2. The second-order valence-corrected chi connectivity index (χ2v) is 15.6. The molecular formula is C33H48F3N5O9S. The van der Waals surface area contributed by atoms with Gasteiger partial charge in [-0.05, 0) is 55.4 Å². The van der Waals surface area contributed by atoms with Crippen LogP contribution in [0.4, 0.5) is 23.7 Å². The summed E-state index contributed by atoms with van der Waals surface area (Å²) in [6.07, 6.45) is -4.79. The average Bonchev–Trinajstić information content (AvgIpc) is 3.49. The standard InChI is InChI=1S/C33H48F3N5O9S/c1-18(2)24(40(8)29(44)26(32(5,6)7)38-31(46)47)17-19(3)28(43)41-16-10-11-23(41)25(50-9)20(4)27(42)39-51(48,49)22-14-12-21(13-15-22)37-30(45)33(34,35)36/h12-15,17-18,20,23-26,38H,10-11,16H2,1-9H3,(H,37,45)(H,39,42)(H,46,47)/b19-17+/t20-,23+,24-,25-,26-/m1/s1. The van der Waals surface area contributed by atoms with Crippen molar-refractivity contribution in [2.45, 2.75) is 96.6 Å². The van der Waals surface area contributed by atoms with Gasteiger partial charge in [-0.2, -0.15) is 13.2 Å². The number of likely N-dealkylation sites (tertiary alicyclic amines) is 1. The Bertz CT molecular complexity index is 1590. The third-order valence-electron chi connectivity index (χ3n) is 8.65. The van der Waals surface area contributed by atoms with Gasteiger partial charge in [-0.1, -0.05) is 47.6 Å². The first-order valence-electron chi connectivity index (χ1n) is 16.2. The fourth-order valence-electron chi connectivity index (χ4n) is 5.86. The molecule has 0 spiro atoms. The largest absolute Gasteiger partial charge is 0.471 e. The summed E-state index contributed by atoms with van der Waals surface area (Å²) in [5, 5.41) is 13.2. The molecule has 1 saturated heterocycles. The monoisotopic (exact) mass is 747 g/mol. The number of nitrogens with zero attached hydrogens (tertiary/aromatic N) is 2. The molecule has 5 atom stereocenters. The number of nitrogens with one attached hydrogen (secondary N) is 3. The van der Waals surface area contributed by atoms with E-state index >= 15 is 0 Å². The third-order valence-corrected chi connectivity index (χ3v) is 10.0. The zero-order chi connectivity index (χ0) is 39.2. The van der Waals surface area contributed by atoms with Gasteiger partial charge in [0.05, 0.1) is 29.0 Å². The molecule has 286 valence electrons. The molecular weight excluding hydrogens is 699 g/mol. The van der Waals surface area contributed by atoms with E-state index in [0.717, 1.165) is 24.3 Å². The maximum atomic E-state index is 13.8. The van der Waals surface area contributed by atoms with Gasteiger partial charge < -0.3 is 30.3 Å². The minimum absolute atomic E-state index is 0.172. The zero-order valence-electron chi connectivity index (χ0n) is 30.1.